The van der Waals surface area contributed by atoms with E-state index in [-0.39, 0.29) is 5.13 Å². The molecule has 0 aliphatic heterocycles. The van der Waals surface area contributed by atoms with E-state index in [2.05, 4.69) is 15.5 Å². The number of hydrogen-bond acceptors (Lipinski definition) is 5. The molecule has 8 heteroatoms. The van der Waals surface area contributed by atoms with Gasteiger partial charge in [-0.3, -0.25) is 10.1 Å². The predicted octanol–water partition coefficient (Wildman–Crippen LogP) is 2.44. The van der Waals surface area contributed by atoms with Crippen LogP contribution in [-0.4, -0.2) is 27.2 Å². The zero-order valence-electron chi connectivity index (χ0n) is 9.91. The fourth-order valence-electron chi connectivity index (χ4n) is 1.31. The van der Waals surface area contributed by atoms with Crippen molar-refractivity contribution in [3.8, 4) is 10.6 Å². The maximum absolute atomic E-state index is 11.4. The molecule has 2 aromatic rings. The zero-order chi connectivity index (χ0) is 14.5. The van der Waals surface area contributed by atoms with Crippen LogP contribution in [0.25, 0.3) is 10.6 Å². The van der Waals surface area contributed by atoms with Crippen LogP contribution in [0.2, 0.25) is 5.02 Å². The van der Waals surface area contributed by atoms with Gasteiger partial charge in [-0.05, 0) is 6.07 Å². The van der Waals surface area contributed by atoms with Gasteiger partial charge < -0.3 is 5.11 Å². The first-order valence-corrected chi connectivity index (χ1v) is 6.56. The Kier molecular flexibility index (Phi) is 4.44. The van der Waals surface area contributed by atoms with E-state index in [0.29, 0.717) is 15.6 Å². The molecule has 0 unspecified atom stereocenters. The van der Waals surface area contributed by atoms with E-state index in [0.717, 1.165) is 23.5 Å². The van der Waals surface area contributed by atoms with Gasteiger partial charge in [0, 0.05) is 17.7 Å². The number of anilines is 1. The Morgan fingerprint density at radius 3 is 2.70 bits per heavy atom. The lowest BCUT2D eigenvalue weighted by Crippen LogP contribution is -2.08. The molecule has 0 spiro atoms. The summed E-state index contributed by atoms with van der Waals surface area (Å²) < 4.78 is 0. The van der Waals surface area contributed by atoms with Crippen LogP contribution in [0, 0.1) is 0 Å². The minimum Gasteiger partial charge on any atom is -0.478 e. The lowest BCUT2D eigenvalue weighted by molar-refractivity contribution is -0.131. The second-order valence-electron chi connectivity index (χ2n) is 3.55. The number of halogens is 1. The SMILES string of the molecule is O=C(O)/C=C\C(=O)Nc1nnc(-c2ccccc2Cl)s1. The monoisotopic (exact) mass is 309 g/mol. The first-order chi connectivity index (χ1) is 9.56. The van der Waals surface area contributed by atoms with Crippen molar-refractivity contribution < 1.29 is 14.7 Å². The highest BCUT2D eigenvalue weighted by Gasteiger charge is 2.10. The van der Waals surface area contributed by atoms with Crippen molar-refractivity contribution in [1.82, 2.24) is 10.2 Å². The van der Waals surface area contributed by atoms with Crippen LogP contribution < -0.4 is 5.32 Å². The van der Waals surface area contributed by atoms with E-state index in [4.69, 9.17) is 16.7 Å². The van der Waals surface area contributed by atoms with E-state index in [1.165, 1.54) is 0 Å². The number of carboxylic acids is 1. The minimum absolute atomic E-state index is 0.264. The van der Waals surface area contributed by atoms with Crippen molar-refractivity contribution in [3.63, 3.8) is 0 Å². The van der Waals surface area contributed by atoms with Crippen molar-refractivity contribution in [1.29, 1.82) is 0 Å². The van der Waals surface area contributed by atoms with Gasteiger partial charge in [-0.15, -0.1) is 10.2 Å². The quantitative estimate of drug-likeness (QED) is 0.846. The lowest BCUT2D eigenvalue weighted by atomic mass is 10.2. The number of nitrogens with zero attached hydrogens (tertiary/aromatic N) is 2. The van der Waals surface area contributed by atoms with Crippen LogP contribution in [0.15, 0.2) is 36.4 Å². The van der Waals surface area contributed by atoms with Gasteiger partial charge in [-0.2, -0.15) is 0 Å². The van der Waals surface area contributed by atoms with Crippen molar-refractivity contribution >= 4 is 39.9 Å². The molecule has 0 aliphatic carbocycles. The number of aliphatic carboxylic acids is 1. The molecule has 0 bridgehead atoms. The Balaban J connectivity index is 2.12. The number of hydrogen-bond donors (Lipinski definition) is 2. The number of aromatic nitrogens is 2. The molecule has 0 saturated heterocycles. The molecule has 0 saturated carbocycles. The average Bonchev–Trinajstić information content (AvgIpc) is 2.85. The molecular formula is C12H8ClN3O3S. The van der Waals surface area contributed by atoms with Gasteiger partial charge in [0.1, 0.15) is 0 Å². The summed E-state index contributed by atoms with van der Waals surface area (Å²) in [4.78, 5) is 21.7. The molecule has 0 atom stereocenters. The minimum atomic E-state index is -1.20. The molecule has 1 aromatic carbocycles. The van der Waals surface area contributed by atoms with Crippen LogP contribution in [-0.2, 0) is 9.59 Å². The molecule has 2 rings (SSSR count). The summed E-state index contributed by atoms with van der Waals surface area (Å²) in [5.41, 5.74) is 0.716. The summed E-state index contributed by atoms with van der Waals surface area (Å²) in [5, 5.41) is 19.9. The van der Waals surface area contributed by atoms with Gasteiger partial charge in [0.05, 0.1) is 5.02 Å². The second kappa shape index (κ2) is 6.27. The third-order valence-corrected chi connectivity index (χ3v) is 3.34. The highest BCUT2D eigenvalue weighted by Crippen LogP contribution is 2.31. The van der Waals surface area contributed by atoms with Crippen molar-refractivity contribution in [2.45, 2.75) is 0 Å². The number of rotatable bonds is 4. The number of amides is 1. The normalized spacial score (nSPS) is 10.7. The highest BCUT2D eigenvalue weighted by atomic mass is 35.5. The van der Waals surface area contributed by atoms with Gasteiger partial charge in [-0.1, -0.05) is 41.1 Å². The molecule has 1 amide bonds. The number of carbonyl (C=O) groups is 2. The molecule has 0 fully saturated rings. The third-order valence-electron chi connectivity index (χ3n) is 2.14. The zero-order valence-corrected chi connectivity index (χ0v) is 11.5. The van der Waals surface area contributed by atoms with E-state index in [9.17, 15) is 9.59 Å². The van der Waals surface area contributed by atoms with E-state index >= 15 is 0 Å². The maximum Gasteiger partial charge on any atom is 0.328 e. The molecule has 0 aliphatic rings. The summed E-state index contributed by atoms with van der Waals surface area (Å²) in [6.07, 6.45) is 1.64. The van der Waals surface area contributed by atoms with Crippen LogP contribution in [0.1, 0.15) is 0 Å². The van der Waals surface area contributed by atoms with Gasteiger partial charge in [-0.25, -0.2) is 4.79 Å². The fraction of sp³-hybridized carbons (Fsp3) is 0. The largest absolute Gasteiger partial charge is 0.478 e. The molecule has 6 nitrogen and oxygen atoms in total. The standard InChI is InChI=1S/C12H8ClN3O3S/c13-8-4-2-1-3-7(8)11-15-16-12(20-11)14-9(17)5-6-10(18)19/h1-6H,(H,18,19)(H,14,16,17)/b6-5-. The van der Waals surface area contributed by atoms with Gasteiger partial charge in [0.2, 0.25) is 11.0 Å². The molecule has 102 valence electrons. The van der Waals surface area contributed by atoms with E-state index in [1.807, 2.05) is 6.07 Å². The van der Waals surface area contributed by atoms with Crippen LogP contribution in [0.5, 0.6) is 0 Å². The molecule has 20 heavy (non-hydrogen) atoms. The summed E-state index contributed by atoms with van der Waals surface area (Å²) in [6.45, 7) is 0. The van der Waals surface area contributed by atoms with Gasteiger partial charge in [0.15, 0.2) is 5.01 Å². The van der Waals surface area contributed by atoms with Crippen molar-refractivity contribution in [2.24, 2.45) is 0 Å². The molecular weight excluding hydrogens is 302 g/mol. The third kappa shape index (κ3) is 3.62. The first-order valence-electron chi connectivity index (χ1n) is 5.36. The first kappa shape index (κ1) is 14.2. The average molecular weight is 310 g/mol. The fourth-order valence-corrected chi connectivity index (χ4v) is 2.38. The topological polar surface area (TPSA) is 92.2 Å². The predicted molar refractivity (Wildman–Crippen MR) is 75.8 cm³/mol. The lowest BCUT2D eigenvalue weighted by Gasteiger charge is -1.97. The smallest absolute Gasteiger partial charge is 0.328 e. The molecule has 1 aromatic heterocycles. The van der Waals surface area contributed by atoms with E-state index in [1.54, 1.807) is 18.2 Å². The summed E-state index contributed by atoms with van der Waals surface area (Å²) in [5.74, 6) is -1.79. The summed E-state index contributed by atoms with van der Waals surface area (Å²) in [6, 6.07) is 7.13. The number of nitrogens with one attached hydrogen (secondary N) is 1. The Morgan fingerprint density at radius 1 is 1.25 bits per heavy atom. The van der Waals surface area contributed by atoms with Crippen LogP contribution in [0.4, 0.5) is 5.13 Å². The summed E-state index contributed by atoms with van der Waals surface area (Å²) in [7, 11) is 0. The highest BCUT2D eigenvalue weighted by molar-refractivity contribution is 7.18. The second-order valence-corrected chi connectivity index (χ2v) is 4.94. The molecule has 0 radical (unpaired) electrons. The van der Waals surface area contributed by atoms with Crippen LogP contribution in [0.3, 0.4) is 0 Å². The van der Waals surface area contributed by atoms with Crippen LogP contribution >= 0.6 is 22.9 Å². The Morgan fingerprint density at radius 2 is 2.00 bits per heavy atom. The van der Waals surface area contributed by atoms with E-state index < -0.39 is 11.9 Å². The molecule has 2 N–H and O–H groups in total. The van der Waals surface area contributed by atoms with Crippen molar-refractivity contribution in [2.75, 3.05) is 5.32 Å². The summed E-state index contributed by atoms with van der Waals surface area (Å²) >= 11 is 7.18. The number of carboxylic acid groups (broad SMARTS) is 1. The van der Waals surface area contributed by atoms with Crippen molar-refractivity contribution in [3.05, 3.63) is 41.4 Å². The van der Waals surface area contributed by atoms with Gasteiger partial charge >= 0.3 is 5.97 Å². The Bertz CT molecular complexity index is 684. The maximum atomic E-state index is 11.4. The molecule has 1 heterocycles. The Hall–Kier alpha value is -2.25. The number of benzene rings is 1. The van der Waals surface area contributed by atoms with Gasteiger partial charge in [0.25, 0.3) is 0 Å². The number of carbonyl (C=O) groups excluding carboxylic acids is 1. The Labute approximate surface area is 122 Å².